The van der Waals surface area contributed by atoms with Gasteiger partial charge in [-0.1, -0.05) is 24.0 Å². The highest BCUT2D eigenvalue weighted by Crippen LogP contribution is 2.40. The Hall–Kier alpha value is -3.77. The summed E-state index contributed by atoms with van der Waals surface area (Å²) in [6, 6.07) is 8.24. The number of carbonyl (C=O) groups excluding carboxylic acids is 1. The maximum atomic E-state index is 15.2. The Morgan fingerprint density at radius 1 is 1.15 bits per heavy atom. The molecule has 2 aromatic carbocycles. The number of likely N-dealkylation sites (N-methyl/N-ethyl adjacent to an activating group) is 1. The Balaban J connectivity index is 1.33. The SMILES string of the molecule is CN(C)CC(=O)N1CCC(Nc2cccc3c(CC(F)(F)F)c(C#CCNc4cc(F)c(N5CCOCC5)cc4OCCO)sc23)CC1. The molecule has 1 amide bonds. The van der Waals surface area contributed by atoms with Crippen molar-refractivity contribution in [1.29, 1.82) is 0 Å². The standard InChI is InChI=1S/C34H41F4N5O4S/c1-41(2)22-32(45)43-11-8-23(9-12-43)40-27-6-3-5-24-25(21-34(36,37)38)31(48-33(24)27)7-4-10-39-28-19-26(35)29(20-30(28)47-18-15-44)42-13-16-46-17-14-42/h3,5-6,19-20,23,39-40,44H,8-18,21-22H2,1-2H3. The van der Waals surface area contributed by atoms with Gasteiger partial charge in [-0.15, -0.1) is 11.3 Å². The first-order valence-corrected chi connectivity index (χ1v) is 16.8. The molecule has 3 heterocycles. The van der Waals surface area contributed by atoms with Gasteiger partial charge < -0.3 is 39.9 Å². The number of nitrogens with zero attached hydrogens (tertiary/aromatic N) is 3. The average Bonchev–Trinajstić information content (AvgIpc) is 3.39. The van der Waals surface area contributed by atoms with Crippen molar-refractivity contribution in [3.8, 4) is 17.6 Å². The summed E-state index contributed by atoms with van der Waals surface area (Å²) < 4.78 is 68.2. The van der Waals surface area contributed by atoms with Gasteiger partial charge in [-0.3, -0.25) is 4.79 Å². The summed E-state index contributed by atoms with van der Waals surface area (Å²) in [6.07, 6.45) is -4.09. The van der Waals surface area contributed by atoms with Crippen molar-refractivity contribution in [3.05, 3.63) is 46.6 Å². The highest BCUT2D eigenvalue weighted by Gasteiger charge is 2.31. The van der Waals surface area contributed by atoms with E-state index in [0.29, 0.717) is 78.0 Å². The largest absolute Gasteiger partial charge is 0.489 e. The number of piperidine rings is 1. The smallest absolute Gasteiger partial charge is 0.393 e. The fourth-order valence-electron chi connectivity index (χ4n) is 5.89. The lowest BCUT2D eigenvalue weighted by molar-refractivity contribution is -0.132. The molecule has 1 aromatic heterocycles. The van der Waals surface area contributed by atoms with Crippen LogP contribution >= 0.6 is 11.3 Å². The maximum Gasteiger partial charge on any atom is 0.393 e. The van der Waals surface area contributed by atoms with Crippen molar-refractivity contribution in [2.75, 3.05) is 95.3 Å². The number of likely N-dealkylation sites (tertiary alicyclic amines) is 1. The number of carbonyl (C=O) groups is 1. The van der Waals surface area contributed by atoms with E-state index in [9.17, 15) is 23.1 Å². The number of hydrogen-bond acceptors (Lipinski definition) is 9. The molecule has 3 N–H and O–H groups in total. The van der Waals surface area contributed by atoms with E-state index >= 15 is 4.39 Å². The Bertz CT molecular complexity index is 1620. The molecule has 0 aliphatic carbocycles. The third-order valence-corrected chi connectivity index (χ3v) is 9.37. The molecular formula is C34H41F4N5O4S. The van der Waals surface area contributed by atoms with E-state index in [-0.39, 0.29) is 37.3 Å². The molecule has 0 atom stereocenters. The highest BCUT2D eigenvalue weighted by molar-refractivity contribution is 7.20. The summed E-state index contributed by atoms with van der Waals surface area (Å²) in [5, 5.41) is 16.3. The molecule has 5 rings (SSSR count). The van der Waals surface area contributed by atoms with Gasteiger partial charge in [-0.2, -0.15) is 13.2 Å². The Kier molecular flexibility index (Phi) is 11.9. The van der Waals surface area contributed by atoms with Crippen molar-refractivity contribution in [3.63, 3.8) is 0 Å². The molecule has 2 aliphatic heterocycles. The lowest BCUT2D eigenvalue weighted by Crippen LogP contribution is -2.45. The maximum absolute atomic E-state index is 15.2. The summed E-state index contributed by atoms with van der Waals surface area (Å²) in [5.41, 5.74) is 1.54. The molecule has 2 aliphatic rings. The van der Waals surface area contributed by atoms with E-state index in [4.69, 9.17) is 9.47 Å². The summed E-state index contributed by atoms with van der Waals surface area (Å²) in [6.45, 7) is 3.37. The van der Waals surface area contributed by atoms with Crippen LogP contribution in [-0.4, -0.2) is 113 Å². The van der Waals surface area contributed by atoms with Crippen LogP contribution in [0.15, 0.2) is 30.3 Å². The molecule has 9 nitrogen and oxygen atoms in total. The van der Waals surface area contributed by atoms with E-state index in [1.165, 1.54) is 17.4 Å². The zero-order valence-electron chi connectivity index (χ0n) is 27.1. The van der Waals surface area contributed by atoms with Gasteiger partial charge in [0.1, 0.15) is 18.2 Å². The second-order valence-electron chi connectivity index (χ2n) is 12.0. The first kappa shape index (κ1) is 35.5. The topological polar surface area (TPSA) is 89.5 Å². The summed E-state index contributed by atoms with van der Waals surface area (Å²) in [5.74, 6) is 5.79. The highest BCUT2D eigenvalue weighted by atomic mass is 32.1. The number of hydrogen-bond donors (Lipinski definition) is 3. The van der Waals surface area contributed by atoms with Crippen molar-refractivity contribution >= 4 is 44.4 Å². The van der Waals surface area contributed by atoms with Crippen LogP contribution in [0.5, 0.6) is 5.75 Å². The van der Waals surface area contributed by atoms with Gasteiger partial charge >= 0.3 is 6.18 Å². The van der Waals surface area contributed by atoms with Gasteiger partial charge in [0.05, 0.1) is 66.0 Å². The number of rotatable bonds is 11. The molecule has 0 spiro atoms. The Morgan fingerprint density at radius 2 is 1.90 bits per heavy atom. The van der Waals surface area contributed by atoms with Crippen molar-refractivity contribution in [2.24, 2.45) is 0 Å². The number of thiophene rings is 1. The molecule has 2 saturated heterocycles. The number of ether oxygens (including phenoxy) is 2. The van der Waals surface area contributed by atoms with Crippen LogP contribution in [0.4, 0.5) is 34.6 Å². The summed E-state index contributed by atoms with van der Waals surface area (Å²) in [4.78, 5) is 18.3. The monoisotopic (exact) mass is 691 g/mol. The molecule has 0 radical (unpaired) electrons. The quantitative estimate of drug-likeness (QED) is 0.196. The van der Waals surface area contributed by atoms with Gasteiger partial charge in [0.15, 0.2) is 0 Å². The van der Waals surface area contributed by atoms with E-state index < -0.39 is 18.4 Å². The van der Waals surface area contributed by atoms with Crippen LogP contribution in [0, 0.1) is 17.7 Å². The van der Waals surface area contributed by atoms with Crippen molar-refractivity contribution < 1.29 is 36.9 Å². The lowest BCUT2D eigenvalue weighted by Gasteiger charge is -2.33. The van der Waals surface area contributed by atoms with Crippen molar-refractivity contribution in [2.45, 2.75) is 31.5 Å². The summed E-state index contributed by atoms with van der Waals surface area (Å²) >= 11 is 1.21. The number of alkyl halides is 3. The number of aliphatic hydroxyl groups excluding tert-OH is 1. The Morgan fingerprint density at radius 3 is 2.58 bits per heavy atom. The molecule has 260 valence electrons. The van der Waals surface area contributed by atoms with Crippen LogP contribution in [0.25, 0.3) is 10.1 Å². The third-order valence-electron chi connectivity index (χ3n) is 8.17. The zero-order chi connectivity index (χ0) is 34.3. The van der Waals surface area contributed by atoms with Gasteiger partial charge in [0.25, 0.3) is 0 Å². The fourth-order valence-corrected chi connectivity index (χ4v) is 7.06. The number of aliphatic hydroxyl groups is 1. The van der Waals surface area contributed by atoms with E-state index in [1.807, 2.05) is 34.9 Å². The van der Waals surface area contributed by atoms with Crippen LogP contribution < -0.4 is 20.3 Å². The molecule has 0 saturated carbocycles. The molecular weight excluding hydrogens is 650 g/mol. The average molecular weight is 692 g/mol. The number of morpholine rings is 1. The zero-order valence-corrected chi connectivity index (χ0v) is 27.9. The van der Waals surface area contributed by atoms with E-state index in [2.05, 4.69) is 22.5 Å². The molecule has 48 heavy (non-hydrogen) atoms. The minimum atomic E-state index is -4.43. The molecule has 3 aromatic rings. The molecule has 2 fully saturated rings. The number of fused-ring (bicyclic) bond motifs is 1. The van der Waals surface area contributed by atoms with E-state index in [0.717, 1.165) is 18.5 Å². The third kappa shape index (κ3) is 9.22. The summed E-state index contributed by atoms with van der Waals surface area (Å²) in [7, 11) is 3.71. The van der Waals surface area contributed by atoms with Gasteiger partial charge in [-0.25, -0.2) is 4.39 Å². The first-order valence-electron chi connectivity index (χ1n) is 15.9. The van der Waals surface area contributed by atoms with Crippen LogP contribution in [0.3, 0.4) is 0 Å². The van der Waals surface area contributed by atoms with Gasteiger partial charge in [0, 0.05) is 44.4 Å². The van der Waals surface area contributed by atoms with Crippen molar-refractivity contribution in [1.82, 2.24) is 9.80 Å². The lowest BCUT2D eigenvalue weighted by atomic mass is 10.0. The number of anilines is 3. The second kappa shape index (κ2) is 16.1. The van der Waals surface area contributed by atoms with Crippen LogP contribution in [-0.2, 0) is 16.0 Å². The number of halogens is 4. The fraction of sp³-hybridized carbons (Fsp3) is 0.500. The number of amides is 1. The Labute approximate surface area is 281 Å². The normalized spacial score (nSPS) is 15.8. The van der Waals surface area contributed by atoms with E-state index in [1.54, 1.807) is 18.2 Å². The molecule has 14 heteroatoms. The minimum Gasteiger partial charge on any atom is -0.489 e. The predicted molar refractivity (Wildman–Crippen MR) is 181 cm³/mol. The molecule has 0 bridgehead atoms. The second-order valence-corrected chi connectivity index (χ2v) is 13.1. The molecule has 0 unspecified atom stereocenters. The first-order chi connectivity index (χ1) is 23.0. The van der Waals surface area contributed by atoms with Crippen LogP contribution in [0.1, 0.15) is 23.3 Å². The van der Waals surface area contributed by atoms with Gasteiger partial charge in [0.2, 0.25) is 5.91 Å². The minimum absolute atomic E-state index is 0.00118. The predicted octanol–water partition coefficient (Wildman–Crippen LogP) is 4.78. The number of benzene rings is 2. The number of nitrogens with one attached hydrogen (secondary N) is 2. The van der Waals surface area contributed by atoms with Gasteiger partial charge in [-0.05, 0) is 44.0 Å². The van der Waals surface area contributed by atoms with Crippen LogP contribution in [0.2, 0.25) is 0 Å².